The summed E-state index contributed by atoms with van der Waals surface area (Å²) in [6.07, 6.45) is 3.65. The van der Waals surface area contributed by atoms with Gasteiger partial charge < -0.3 is 10.1 Å². The largest absolute Gasteiger partial charge is 0.385 e. The standard InChI is InChI=1S/C11H24N2O3S/c1-16-9-3-2-6-13-17(14,15)10-11-4-7-12-8-5-11/h11-13H,2-10H2,1H3. The minimum Gasteiger partial charge on any atom is -0.385 e. The van der Waals surface area contributed by atoms with Gasteiger partial charge in [-0.15, -0.1) is 0 Å². The van der Waals surface area contributed by atoms with Crippen LogP contribution in [0.3, 0.4) is 0 Å². The van der Waals surface area contributed by atoms with Crippen molar-refractivity contribution in [1.82, 2.24) is 10.0 Å². The molecule has 0 aromatic heterocycles. The van der Waals surface area contributed by atoms with Gasteiger partial charge in [0.25, 0.3) is 0 Å². The van der Waals surface area contributed by atoms with Gasteiger partial charge >= 0.3 is 0 Å². The molecule has 0 aromatic rings. The topological polar surface area (TPSA) is 67.4 Å². The average Bonchev–Trinajstić information content (AvgIpc) is 2.29. The van der Waals surface area contributed by atoms with E-state index in [1.165, 1.54) is 0 Å². The Bertz CT molecular complexity index is 287. The van der Waals surface area contributed by atoms with Gasteiger partial charge in [-0.05, 0) is 44.7 Å². The number of methoxy groups -OCH3 is 1. The SMILES string of the molecule is COCCCCNS(=O)(=O)CC1CCNCC1. The van der Waals surface area contributed by atoms with Crippen molar-refractivity contribution in [2.24, 2.45) is 5.92 Å². The van der Waals surface area contributed by atoms with Gasteiger partial charge in [0.15, 0.2) is 0 Å². The lowest BCUT2D eigenvalue weighted by atomic mass is 10.0. The summed E-state index contributed by atoms with van der Waals surface area (Å²) in [4.78, 5) is 0. The Kier molecular flexibility index (Phi) is 7.03. The fourth-order valence-corrected chi connectivity index (χ4v) is 3.54. The smallest absolute Gasteiger partial charge is 0.211 e. The molecule has 0 spiro atoms. The number of piperidine rings is 1. The van der Waals surface area contributed by atoms with Gasteiger partial charge in [0.1, 0.15) is 0 Å². The molecule has 5 nitrogen and oxygen atoms in total. The Hall–Kier alpha value is -0.170. The van der Waals surface area contributed by atoms with Gasteiger partial charge in [0.05, 0.1) is 5.75 Å². The van der Waals surface area contributed by atoms with Gasteiger partial charge in [0, 0.05) is 20.3 Å². The molecule has 1 heterocycles. The molecule has 1 fully saturated rings. The molecule has 1 saturated heterocycles. The van der Waals surface area contributed by atoms with Crippen LogP contribution in [0.2, 0.25) is 0 Å². The van der Waals surface area contributed by atoms with E-state index in [1.54, 1.807) is 7.11 Å². The van der Waals surface area contributed by atoms with E-state index in [0.29, 0.717) is 19.1 Å². The number of rotatable bonds is 8. The third-order valence-corrected chi connectivity index (χ3v) is 4.57. The summed E-state index contributed by atoms with van der Waals surface area (Å²) >= 11 is 0. The second-order valence-electron chi connectivity index (χ2n) is 4.57. The zero-order chi connectivity index (χ0) is 12.6. The molecule has 17 heavy (non-hydrogen) atoms. The lowest BCUT2D eigenvalue weighted by Gasteiger charge is -2.22. The first-order chi connectivity index (χ1) is 8.14. The summed E-state index contributed by atoms with van der Waals surface area (Å²) in [6, 6.07) is 0. The van der Waals surface area contributed by atoms with Crippen molar-refractivity contribution in [2.45, 2.75) is 25.7 Å². The molecule has 2 N–H and O–H groups in total. The molecule has 0 aliphatic carbocycles. The molecule has 0 bridgehead atoms. The van der Waals surface area contributed by atoms with E-state index in [1.807, 2.05) is 0 Å². The highest BCUT2D eigenvalue weighted by atomic mass is 32.2. The number of hydrogen-bond acceptors (Lipinski definition) is 4. The highest BCUT2D eigenvalue weighted by Crippen LogP contribution is 2.13. The van der Waals surface area contributed by atoms with E-state index in [2.05, 4.69) is 10.0 Å². The Morgan fingerprint density at radius 2 is 2.00 bits per heavy atom. The van der Waals surface area contributed by atoms with Crippen LogP contribution in [0.25, 0.3) is 0 Å². The van der Waals surface area contributed by atoms with Crippen molar-refractivity contribution in [3.05, 3.63) is 0 Å². The van der Waals surface area contributed by atoms with Crippen LogP contribution in [0.4, 0.5) is 0 Å². The van der Waals surface area contributed by atoms with E-state index in [0.717, 1.165) is 38.8 Å². The van der Waals surface area contributed by atoms with E-state index in [4.69, 9.17) is 4.74 Å². The fraction of sp³-hybridized carbons (Fsp3) is 1.00. The van der Waals surface area contributed by atoms with Crippen molar-refractivity contribution in [3.63, 3.8) is 0 Å². The second kappa shape index (κ2) is 8.02. The molecule has 1 aliphatic heterocycles. The van der Waals surface area contributed by atoms with E-state index >= 15 is 0 Å². The molecule has 1 rings (SSSR count). The lowest BCUT2D eigenvalue weighted by molar-refractivity contribution is 0.193. The third kappa shape index (κ3) is 6.98. The molecule has 0 aromatic carbocycles. The number of ether oxygens (including phenoxy) is 1. The Balaban J connectivity index is 2.16. The lowest BCUT2D eigenvalue weighted by Crippen LogP contribution is -2.36. The van der Waals surface area contributed by atoms with Crippen LogP contribution in [-0.2, 0) is 14.8 Å². The summed E-state index contributed by atoms with van der Waals surface area (Å²) in [5.74, 6) is 0.589. The quantitative estimate of drug-likeness (QED) is 0.620. The number of hydrogen-bond donors (Lipinski definition) is 2. The number of unbranched alkanes of at least 4 members (excludes halogenated alkanes) is 1. The minimum absolute atomic E-state index is 0.277. The van der Waals surface area contributed by atoms with Crippen molar-refractivity contribution >= 4 is 10.0 Å². The summed E-state index contributed by atoms with van der Waals surface area (Å²) in [5, 5.41) is 3.24. The molecular formula is C11H24N2O3S. The van der Waals surface area contributed by atoms with Crippen LogP contribution < -0.4 is 10.0 Å². The van der Waals surface area contributed by atoms with Gasteiger partial charge in [-0.2, -0.15) is 0 Å². The van der Waals surface area contributed by atoms with Crippen LogP contribution in [0.1, 0.15) is 25.7 Å². The maximum Gasteiger partial charge on any atom is 0.211 e. The van der Waals surface area contributed by atoms with Crippen molar-refractivity contribution in [3.8, 4) is 0 Å². The van der Waals surface area contributed by atoms with Gasteiger partial charge in [0.2, 0.25) is 10.0 Å². The van der Waals surface area contributed by atoms with Gasteiger partial charge in [-0.3, -0.25) is 0 Å². The molecule has 0 radical (unpaired) electrons. The first-order valence-electron chi connectivity index (χ1n) is 6.31. The minimum atomic E-state index is -3.09. The predicted octanol–water partition coefficient (Wildman–Crippen LogP) is 0.332. The highest BCUT2D eigenvalue weighted by molar-refractivity contribution is 7.89. The van der Waals surface area contributed by atoms with Crippen LogP contribution in [0.15, 0.2) is 0 Å². The average molecular weight is 264 g/mol. The first-order valence-corrected chi connectivity index (χ1v) is 7.96. The molecule has 102 valence electrons. The zero-order valence-corrected chi connectivity index (χ0v) is 11.4. The van der Waals surface area contributed by atoms with Gasteiger partial charge in [-0.25, -0.2) is 13.1 Å². The molecular weight excluding hydrogens is 240 g/mol. The van der Waals surface area contributed by atoms with E-state index < -0.39 is 10.0 Å². The molecule has 6 heteroatoms. The van der Waals surface area contributed by atoms with Crippen LogP contribution in [0, 0.1) is 5.92 Å². The molecule has 1 aliphatic rings. The van der Waals surface area contributed by atoms with Crippen LogP contribution >= 0.6 is 0 Å². The predicted molar refractivity (Wildman–Crippen MR) is 68.5 cm³/mol. The summed E-state index contributed by atoms with van der Waals surface area (Å²) in [7, 11) is -1.43. The number of nitrogens with one attached hydrogen (secondary N) is 2. The fourth-order valence-electron chi connectivity index (χ4n) is 2.02. The Morgan fingerprint density at radius 1 is 1.29 bits per heavy atom. The monoisotopic (exact) mass is 264 g/mol. The van der Waals surface area contributed by atoms with Gasteiger partial charge in [-0.1, -0.05) is 0 Å². The molecule has 0 saturated carbocycles. The normalized spacial score (nSPS) is 18.4. The van der Waals surface area contributed by atoms with E-state index in [-0.39, 0.29) is 5.75 Å². The molecule has 0 amide bonds. The number of sulfonamides is 1. The van der Waals surface area contributed by atoms with Crippen LogP contribution in [0.5, 0.6) is 0 Å². The maximum atomic E-state index is 11.8. The van der Waals surface area contributed by atoms with E-state index in [9.17, 15) is 8.42 Å². The molecule has 0 unspecified atom stereocenters. The zero-order valence-electron chi connectivity index (χ0n) is 10.6. The summed E-state index contributed by atoms with van der Waals surface area (Å²) in [6.45, 7) is 3.09. The summed E-state index contributed by atoms with van der Waals surface area (Å²) < 4.78 is 31.1. The molecule has 0 atom stereocenters. The van der Waals surface area contributed by atoms with Crippen LogP contribution in [-0.4, -0.2) is 47.5 Å². The highest BCUT2D eigenvalue weighted by Gasteiger charge is 2.20. The maximum absolute atomic E-state index is 11.8. The Morgan fingerprint density at radius 3 is 2.65 bits per heavy atom. The second-order valence-corrected chi connectivity index (χ2v) is 6.42. The summed E-state index contributed by atoms with van der Waals surface area (Å²) in [5.41, 5.74) is 0. The third-order valence-electron chi connectivity index (χ3n) is 3.01. The van der Waals surface area contributed by atoms with Crippen molar-refractivity contribution in [1.29, 1.82) is 0 Å². The van der Waals surface area contributed by atoms with Crippen molar-refractivity contribution < 1.29 is 13.2 Å². The Labute approximate surface area is 104 Å². The first kappa shape index (κ1) is 14.9. The van der Waals surface area contributed by atoms with Crippen molar-refractivity contribution in [2.75, 3.05) is 39.1 Å².